The van der Waals surface area contributed by atoms with Crippen molar-refractivity contribution in [3.8, 4) is 5.75 Å². The van der Waals surface area contributed by atoms with E-state index in [4.69, 9.17) is 14.2 Å². The molecule has 0 saturated carbocycles. The van der Waals surface area contributed by atoms with Gasteiger partial charge in [0.15, 0.2) is 0 Å². The first kappa shape index (κ1) is 22.8. The van der Waals surface area contributed by atoms with Gasteiger partial charge in [0, 0.05) is 0 Å². The zero-order valence-electron chi connectivity index (χ0n) is 19.4. The van der Waals surface area contributed by atoms with E-state index in [1.54, 1.807) is 21.3 Å². The van der Waals surface area contributed by atoms with E-state index in [1.807, 2.05) is 18.2 Å². The summed E-state index contributed by atoms with van der Waals surface area (Å²) >= 11 is -0.210. The molecule has 0 heterocycles. The molecule has 5 rings (SSSR count). The number of halogens is 1. The van der Waals surface area contributed by atoms with E-state index in [0.717, 1.165) is 33.0 Å². The number of hydrogen-bond donors (Lipinski definition) is 0. The molecule has 0 aliphatic heterocycles. The normalized spacial score (nSPS) is 11.9. The van der Waals surface area contributed by atoms with Crippen molar-refractivity contribution < 1.29 is 35.4 Å². The van der Waals surface area contributed by atoms with E-state index < -0.39 is 5.79 Å². The molecular weight excluding hydrogens is 535 g/mol. The summed E-state index contributed by atoms with van der Waals surface area (Å²) in [5.74, 6) is -0.371. The Hall–Kier alpha value is -2.93. The molecule has 0 saturated heterocycles. The molecule has 0 amide bonds. The molecule has 0 spiro atoms. The number of rotatable bonds is 7. The molecule has 4 heteroatoms. The minimum atomic E-state index is -1.10. The summed E-state index contributed by atoms with van der Waals surface area (Å²) in [6.07, 6.45) is 0. The summed E-state index contributed by atoms with van der Waals surface area (Å²) in [6, 6.07) is 36.2. The molecule has 0 bridgehead atoms. The Labute approximate surface area is 210 Å². The number of hydrogen-bond acceptors (Lipinski definition) is 3. The van der Waals surface area contributed by atoms with Crippen LogP contribution in [0.5, 0.6) is 5.75 Å². The molecule has 0 aliphatic carbocycles. The molecule has 172 valence electrons. The first-order valence-electron chi connectivity index (χ1n) is 11.1. The van der Waals surface area contributed by atoms with Crippen LogP contribution in [0.2, 0.25) is 0 Å². The van der Waals surface area contributed by atoms with Gasteiger partial charge in [0.2, 0.25) is 0 Å². The number of benzene rings is 5. The molecule has 0 aromatic heterocycles. The Morgan fingerprint density at radius 2 is 1.18 bits per heavy atom. The summed E-state index contributed by atoms with van der Waals surface area (Å²) in [5, 5.41) is 4.57. The van der Waals surface area contributed by atoms with Crippen LogP contribution in [0.4, 0.5) is 0 Å². The van der Waals surface area contributed by atoms with Crippen LogP contribution in [0, 0.1) is 7.14 Å². The van der Waals surface area contributed by atoms with Crippen LogP contribution in [0.3, 0.4) is 0 Å². The number of methoxy groups -OCH3 is 3. The minimum absolute atomic E-state index is 0.210. The average Bonchev–Trinajstić information content (AvgIpc) is 2.90. The Kier molecular flexibility index (Phi) is 6.55. The van der Waals surface area contributed by atoms with Crippen molar-refractivity contribution in [2.45, 2.75) is 5.79 Å². The second-order valence-electron chi connectivity index (χ2n) is 8.02. The SMILES string of the molecule is COc1cc2ccccc2cc1C(OC)(OC)c1ccc2cc([I-]c3ccccc3)ccc2c1. The first-order valence-corrected chi connectivity index (χ1v) is 13.2. The molecule has 0 aliphatic rings. The van der Waals surface area contributed by atoms with Gasteiger partial charge in [0.1, 0.15) is 0 Å². The molecule has 0 N–H and O–H groups in total. The van der Waals surface area contributed by atoms with Gasteiger partial charge < -0.3 is 0 Å². The molecule has 3 nitrogen and oxygen atoms in total. The van der Waals surface area contributed by atoms with Crippen LogP contribution < -0.4 is 25.9 Å². The second-order valence-corrected chi connectivity index (χ2v) is 11.1. The molecule has 5 aromatic carbocycles. The first-order chi connectivity index (χ1) is 16.7. The van der Waals surface area contributed by atoms with Crippen LogP contribution in [-0.4, -0.2) is 21.3 Å². The summed E-state index contributed by atoms with van der Waals surface area (Å²) in [7, 11) is 5.03. The topological polar surface area (TPSA) is 27.7 Å². The molecule has 5 aromatic rings. The maximum absolute atomic E-state index is 6.11. The number of ether oxygens (including phenoxy) is 3. The fourth-order valence-corrected chi connectivity index (χ4v) is 6.77. The molecule has 0 radical (unpaired) electrons. The standard InChI is InChI=1S/C30H26IO3/c1-32-29-20-22-10-8-7-9-21(22)19-28(29)30(33-2,34-3)25-15-13-24-18-27(16-14-23(24)17-25)31-26-11-5-4-6-12-26/h4-20H,1-3H3/q-1. The van der Waals surface area contributed by atoms with Crippen LogP contribution in [-0.2, 0) is 15.3 Å². The Bertz CT molecular complexity index is 1440. The summed E-state index contributed by atoms with van der Waals surface area (Å²) in [6.45, 7) is 0. The summed E-state index contributed by atoms with van der Waals surface area (Å²) in [5.41, 5.74) is 1.76. The maximum atomic E-state index is 6.11. The molecular formula is C30H26IO3-. The average molecular weight is 561 g/mol. The van der Waals surface area contributed by atoms with E-state index in [2.05, 4.69) is 84.9 Å². The predicted molar refractivity (Wildman–Crippen MR) is 133 cm³/mol. The zero-order chi connectivity index (χ0) is 23.5. The van der Waals surface area contributed by atoms with Gasteiger partial charge in [-0.15, -0.1) is 0 Å². The van der Waals surface area contributed by atoms with E-state index >= 15 is 0 Å². The second kappa shape index (κ2) is 9.74. The van der Waals surface area contributed by atoms with E-state index in [1.165, 1.54) is 12.5 Å². The van der Waals surface area contributed by atoms with Crippen molar-refractivity contribution >= 4 is 21.5 Å². The number of fused-ring (bicyclic) bond motifs is 2. The quantitative estimate of drug-likeness (QED) is 0.225. The fourth-order valence-electron chi connectivity index (χ4n) is 4.42. The van der Waals surface area contributed by atoms with Gasteiger partial charge in [0.05, 0.1) is 0 Å². The molecule has 0 fully saturated rings. The van der Waals surface area contributed by atoms with Crippen molar-refractivity contribution in [3.63, 3.8) is 0 Å². The Morgan fingerprint density at radius 1 is 0.559 bits per heavy atom. The van der Waals surface area contributed by atoms with Crippen LogP contribution >= 0.6 is 0 Å². The van der Waals surface area contributed by atoms with Crippen molar-refractivity contribution in [3.05, 3.63) is 121 Å². The molecule has 0 unspecified atom stereocenters. The van der Waals surface area contributed by atoms with Gasteiger partial charge in [-0.25, -0.2) is 0 Å². The van der Waals surface area contributed by atoms with E-state index in [9.17, 15) is 0 Å². The van der Waals surface area contributed by atoms with Crippen molar-refractivity contribution in [2.24, 2.45) is 0 Å². The van der Waals surface area contributed by atoms with Crippen LogP contribution in [0.1, 0.15) is 11.1 Å². The van der Waals surface area contributed by atoms with Crippen LogP contribution in [0.15, 0.2) is 103 Å². The third kappa shape index (κ3) is 4.17. The Balaban J connectivity index is 1.59. The van der Waals surface area contributed by atoms with Gasteiger partial charge in [0.25, 0.3) is 0 Å². The third-order valence-corrected chi connectivity index (χ3v) is 8.77. The van der Waals surface area contributed by atoms with Crippen molar-refractivity contribution in [2.75, 3.05) is 21.3 Å². The van der Waals surface area contributed by atoms with Crippen molar-refractivity contribution in [1.29, 1.82) is 0 Å². The third-order valence-electron chi connectivity index (χ3n) is 6.13. The zero-order valence-corrected chi connectivity index (χ0v) is 21.6. The van der Waals surface area contributed by atoms with Gasteiger partial charge in [-0.1, -0.05) is 6.07 Å². The Morgan fingerprint density at radius 3 is 1.88 bits per heavy atom. The van der Waals surface area contributed by atoms with Crippen molar-refractivity contribution in [1.82, 2.24) is 0 Å². The van der Waals surface area contributed by atoms with E-state index in [0.29, 0.717) is 0 Å². The van der Waals surface area contributed by atoms with E-state index in [-0.39, 0.29) is 21.2 Å². The molecule has 0 atom stereocenters. The van der Waals surface area contributed by atoms with Gasteiger partial charge >= 0.3 is 205 Å². The van der Waals surface area contributed by atoms with Gasteiger partial charge in [-0.05, 0) is 0 Å². The summed E-state index contributed by atoms with van der Waals surface area (Å²) in [4.78, 5) is 0. The van der Waals surface area contributed by atoms with Gasteiger partial charge in [-0.3, -0.25) is 0 Å². The van der Waals surface area contributed by atoms with Crippen LogP contribution in [0.25, 0.3) is 21.5 Å². The predicted octanol–water partition coefficient (Wildman–Crippen LogP) is 3.62. The monoisotopic (exact) mass is 561 g/mol. The fraction of sp³-hybridized carbons (Fsp3) is 0.133. The summed E-state index contributed by atoms with van der Waals surface area (Å²) < 4.78 is 20.8. The van der Waals surface area contributed by atoms with Gasteiger partial charge in [-0.2, -0.15) is 0 Å². The molecule has 34 heavy (non-hydrogen) atoms.